The standard InChI is InChI=1S/C6H10ClN3OS/c7-3(1-8)5(11)4-2-10-6(9)12-4/h2-3,5,11H,1,8H2,(H2,9,10)/t3-,5-/m0/s1. The third-order valence-corrected chi connectivity index (χ3v) is 2.71. The van der Waals surface area contributed by atoms with Gasteiger partial charge in [0.15, 0.2) is 5.13 Å². The van der Waals surface area contributed by atoms with Crippen LogP contribution in [0.1, 0.15) is 11.0 Å². The first-order valence-electron chi connectivity index (χ1n) is 3.38. The van der Waals surface area contributed by atoms with Gasteiger partial charge in [0.2, 0.25) is 0 Å². The van der Waals surface area contributed by atoms with Crippen molar-refractivity contribution in [2.75, 3.05) is 12.3 Å². The Morgan fingerprint density at radius 1 is 1.75 bits per heavy atom. The number of aliphatic hydroxyl groups excluding tert-OH is 1. The number of alkyl halides is 1. The van der Waals surface area contributed by atoms with Gasteiger partial charge in [0.1, 0.15) is 6.10 Å². The molecule has 5 N–H and O–H groups in total. The highest BCUT2D eigenvalue weighted by Crippen LogP contribution is 2.26. The fourth-order valence-electron chi connectivity index (χ4n) is 0.745. The SMILES string of the molecule is NC[C@H](Cl)[C@H](O)c1cnc(N)s1. The largest absolute Gasteiger partial charge is 0.386 e. The molecule has 0 fully saturated rings. The number of aromatic nitrogens is 1. The molecule has 0 saturated heterocycles. The van der Waals surface area contributed by atoms with Crippen LogP contribution in [-0.2, 0) is 0 Å². The van der Waals surface area contributed by atoms with Crippen LogP contribution in [0.5, 0.6) is 0 Å². The molecule has 4 nitrogen and oxygen atoms in total. The Bertz CT molecular complexity index is 255. The van der Waals surface area contributed by atoms with Gasteiger partial charge in [0, 0.05) is 12.7 Å². The molecule has 0 aromatic carbocycles. The van der Waals surface area contributed by atoms with Crippen molar-refractivity contribution in [3.8, 4) is 0 Å². The molecule has 68 valence electrons. The zero-order chi connectivity index (χ0) is 9.14. The Labute approximate surface area is 79.2 Å². The maximum absolute atomic E-state index is 9.51. The van der Waals surface area contributed by atoms with Gasteiger partial charge < -0.3 is 16.6 Å². The minimum Gasteiger partial charge on any atom is -0.386 e. The molecule has 1 aromatic rings. The Kier molecular flexibility index (Phi) is 3.28. The van der Waals surface area contributed by atoms with Crippen molar-refractivity contribution in [1.82, 2.24) is 4.98 Å². The van der Waals surface area contributed by atoms with Gasteiger partial charge in [-0.05, 0) is 0 Å². The zero-order valence-electron chi connectivity index (χ0n) is 6.27. The summed E-state index contributed by atoms with van der Waals surface area (Å²) in [6.07, 6.45) is 0.738. The summed E-state index contributed by atoms with van der Waals surface area (Å²) in [6, 6.07) is 0. The first-order chi connectivity index (χ1) is 5.65. The van der Waals surface area contributed by atoms with Crippen LogP contribution < -0.4 is 11.5 Å². The highest BCUT2D eigenvalue weighted by atomic mass is 35.5. The second-order valence-electron chi connectivity index (χ2n) is 2.30. The second kappa shape index (κ2) is 4.04. The first-order valence-corrected chi connectivity index (χ1v) is 4.64. The summed E-state index contributed by atoms with van der Waals surface area (Å²) in [6.45, 7) is 0.223. The van der Waals surface area contributed by atoms with Crippen LogP contribution in [0.4, 0.5) is 5.13 Å². The molecule has 0 radical (unpaired) electrons. The summed E-state index contributed by atoms with van der Waals surface area (Å²) in [7, 11) is 0. The van der Waals surface area contributed by atoms with Gasteiger partial charge in [-0.1, -0.05) is 11.3 Å². The van der Waals surface area contributed by atoms with Crippen LogP contribution in [-0.4, -0.2) is 22.0 Å². The van der Waals surface area contributed by atoms with Crippen LogP contribution in [0.3, 0.4) is 0 Å². The smallest absolute Gasteiger partial charge is 0.180 e. The van der Waals surface area contributed by atoms with E-state index in [2.05, 4.69) is 4.98 Å². The van der Waals surface area contributed by atoms with Crippen LogP contribution in [0.25, 0.3) is 0 Å². The molecule has 6 heteroatoms. The number of thiazole rings is 1. The number of nitrogen functional groups attached to an aromatic ring is 1. The molecule has 0 bridgehead atoms. The van der Waals surface area contributed by atoms with Gasteiger partial charge in [-0.3, -0.25) is 0 Å². The van der Waals surface area contributed by atoms with Gasteiger partial charge >= 0.3 is 0 Å². The molecule has 1 heterocycles. The van der Waals surface area contributed by atoms with Gasteiger partial charge in [-0.2, -0.15) is 0 Å². The predicted octanol–water partition coefficient (Wildman–Crippen LogP) is 0.325. The number of hydrogen-bond acceptors (Lipinski definition) is 5. The second-order valence-corrected chi connectivity index (χ2v) is 3.95. The summed E-state index contributed by atoms with van der Waals surface area (Å²) in [5.41, 5.74) is 10.7. The maximum Gasteiger partial charge on any atom is 0.180 e. The molecule has 1 aromatic heterocycles. The summed E-state index contributed by atoms with van der Waals surface area (Å²) in [4.78, 5) is 4.44. The number of halogens is 1. The summed E-state index contributed by atoms with van der Waals surface area (Å²) in [5.74, 6) is 0. The summed E-state index contributed by atoms with van der Waals surface area (Å²) in [5, 5.41) is 9.44. The van der Waals surface area contributed by atoms with Crippen molar-refractivity contribution in [3.05, 3.63) is 11.1 Å². The lowest BCUT2D eigenvalue weighted by Crippen LogP contribution is -2.21. The lowest BCUT2D eigenvalue weighted by atomic mass is 10.2. The lowest BCUT2D eigenvalue weighted by Gasteiger charge is -2.11. The maximum atomic E-state index is 9.51. The average Bonchev–Trinajstić information content (AvgIpc) is 2.49. The number of aliphatic hydroxyl groups is 1. The Morgan fingerprint density at radius 2 is 2.42 bits per heavy atom. The van der Waals surface area contributed by atoms with Crippen LogP contribution in [0.2, 0.25) is 0 Å². The first kappa shape index (κ1) is 9.73. The third-order valence-electron chi connectivity index (χ3n) is 1.40. The quantitative estimate of drug-likeness (QED) is 0.624. The van der Waals surface area contributed by atoms with Crippen molar-refractivity contribution in [3.63, 3.8) is 0 Å². The molecule has 1 rings (SSSR count). The molecule has 0 aliphatic carbocycles. The van der Waals surface area contributed by atoms with Crippen molar-refractivity contribution in [2.45, 2.75) is 11.5 Å². The fourth-order valence-corrected chi connectivity index (χ4v) is 1.69. The van der Waals surface area contributed by atoms with Crippen molar-refractivity contribution < 1.29 is 5.11 Å². The van der Waals surface area contributed by atoms with Gasteiger partial charge in [0.25, 0.3) is 0 Å². The molecular weight excluding hydrogens is 198 g/mol. The Hall–Kier alpha value is -0.360. The molecular formula is C6H10ClN3OS. The minimum absolute atomic E-state index is 0.223. The molecule has 12 heavy (non-hydrogen) atoms. The molecule has 0 amide bonds. The summed E-state index contributed by atoms with van der Waals surface area (Å²) >= 11 is 6.94. The van der Waals surface area contributed by atoms with E-state index in [1.807, 2.05) is 0 Å². The Balaban J connectivity index is 2.70. The van der Waals surface area contributed by atoms with Crippen molar-refractivity contribution in [1.29, 1.82) is 0 Å². The number of anilines is 1. The number of rotatable bonds is 3. The van der Waals surface area contributed by atoms with Crippen molar-refractivity contribution in [2.24, 2.45) is 5.73 Å². The van der Waals surface area contributed by atoms with Crippen LogP contribution in [0.15, 0.2) is 6.20 Å². The normalized spacial score (nSPS) is 15.9. The van der Waals surface area contributed by atoms with Crippen LogP contribution in [0, 0.1) is 0 Å². The third kappa shape index (κ3) is 2.07. The van der Waals surface area contributed by atoms with E-state index >= 15 is 0 Å². The molecule has 0 unspecified atom stereocenters. The van der Waals surface area contributed by atoms with E-state index in [9.17, 15) is 5.11 Å². The van der Waals surface area contributed by atoms with E-state index in [1.165, 1.54) is 17.5 Å². The molecule has 0 aliphatic rings. The van der Waals surface area contributed by atoms with E-state index in [-0.39, 0.29) is 6.54 Å². The molecule has 0 aliphatic heterocycles. The van der Waals surface area contributed by atoms with Gasteiger partial charge in [-0.15, -0.1) is 11.6 Å². The Morgan fingerprint density at radius 3 is 2.83 bits per heavy atom. The minimum atomic E-state index is -0.772. The zero-order valence-corrected chi connectivity index (χ0v) is 7.85. The van der Waals surface area contributed by atoms with E-state index in [0.29, 0.717) is 10.0 Å². The topological polar surface area (TPSA) is 85.2 Å². The number of hydrogen-bond donors (Lipinski definition) is 3. The van der Waals surface area contributed by atoms with E-state index in [4.69, 9.17) is 23.1 Å². The van der Waals surface area contributed by atoms with Gasteiger partial charge in [0.05, 0.1) is 10.3 Å². The predicted molar refractivity (Wildman–Crippen MR) is 50.2 cm³/mol. The highest BCUT2D eigenvalue weighted by molar-refractivity contribution is 7.15. The summed E-state index contributed by atoms with van der Waals surface area (Å²) < 4.78 is 0. The molecule has 0 saturated carbocycles. The average molecular weight is 208 g/mol. The van der Waals surface area contributed by atoms with Gasteiger partial charge in [-0.25, -0.2) is 4.98 Å². The number of nitrogens with zero attached hydrogens (tertiary/aromatic N) is 1. The molecule has 0 spiro atoms. The number of nitrogens with two attached hydrogens (primary N) is 2. The highest BCUT2D eigenvalue weighted by Gasteiger charge is 2.18. The fraction of sp³-hybridized carbons (Fsp3) is 0.500. The van der Waals surface area contributed by atoms with E-state index in [1.54, 1.807) is 0 Å². The lowest BCUT2D eigenvalue weighted by molar-refractivity contribution is 0.177. The van der Waals surface area contributed by atoms with E-state index < -0.39 is 11.5 Å². The van der Waals surface area contributed by atoms with Crippen LogP contribution >= 0.6 is 22.9 Å². The van der Waals surface area contributed by atoms with E-state index in [0.717, 1.165) is 0 Å². The molecule has 2 atom stereocenters. The van der Waals surface area contributed by atoms with Crippen molar-refractivity contribution >= 4 is 28.1 Å². The monoisotopic (exact) mass is 207 g/mol.